The van der Waals surface area contributed by atoms with Crippen LogP contribution in [0.5, 0.6) is 11.5 Å². The van der Waals surface area contributed by atoms with Gasteiger partial charge in [0.1, 0.15) is 11.5 Å². The molecule has 1 aliphatic heterocycles. The van der Waals surface area contributed by atoms with Crippen LogP contribution in [0.1, 0.15) is 11.1 Å². The van der Waals surface area contributed by atoms with Crippen molar-refractivity contribution in [2.75, 3.05) is 0 Å². The van der Waals surface area contributed by atoms with Gasteiger partial charge in [-0.25, -0.2) is 0 Å². The molecule has 122 valence electrons. The topological polar surface area (TPSA) is 18.5 Å². The highest BCUT2D eigenvalue weighted by Crippen LogP contribution is 2.50. The van der Waals surface area contributed by atoms with Crippen LogP contribution in [0.4, 0.5) is 0 Å². The summed E-state index contributed by atoms with van der Waals surface area (Å²) in [4.78, 5) is 0. The third-order valence-electron chi connectivity index (χ3n) is 4.69. The maximum atomic E-state index is 6.37. The van der Waals surface area contributed by atoms with Crippen LogP contribution in [0.15, 0.2) is 72.8 Å². The molecule has 0 bridgehead atoms. The lowest BCUT2D eigenvalue weighted by molar-refractivity contribution is 0.496. The second-order valence-electron chi connectivity index (χ2n) is 6.10. The first-order valence-corrected chi connectivity index (χ1v) is 10.2. The highest BCUT2D eigenvalue weighted by molar-refractivity contribution is 7.76. The van der Waals surface area contributed by atoms with Gasteiger partial charge in [-0.2, -0.15) is 0 Å². The Labute approximate surface area is 151 Å². The standard InChI is InChI=1S/C21H14ClO2P/c22-25-23-20-11-9-14-5-1-3-7-16(14)18(20)13-19-17-8-4-2-6-15(17)10-12-21(19)24-25/h1-12H,13H2. The first-order valence-electron chi connectivity index (χ1n) is 8.13. The van der Waals surface area contributed by atoms with E-state index in [1.807, 2.05) is 12.1 Å². The van der Waals surface area contributed by atoms with E-state index < -0.39 is 7.73 Å². The van der Waals surface area contributed by atoms with Crippen LogP contribution < -0.4 is 9.05 Å². The van der Waals surface area contributed by atoms with Crippen molar-refractivity contribution in [1.82, 2.24) is 0 Å². The van der Waals surface area contributed by atoms with Crippen molar-refractivity contribution in [3.8, 4) is 11.5 Å². The molecule has 0 N–H and O–H groups in total. The molecule has 0 amide bonds. The predicted octanol–water partition coefficient (Wildman–Crippen LogP) is 6.82. The fourth-order valence-electron chi connectivity index (χ4n) is 3.52. The van der Waals surface area contributed by atoms with Gasteiger partial charge >= 0.3 is 7.73 Å². The minimum absolute atomic E-state index is 0.743. The van der Waals surface area contributed by atoms with Crippen LogP contribution in [0.2, 0.25) is 0 Å². The molecule has 1 aliphatic rings. The van der Waals surface area contributed by atoms with E-state index in [4.69, 9.17) is 20.3 Å². The van der Waals surface area contributed by atoms with Crippen LogP contribution >= 0.6 is 19.0 Å². The van der Waals surface area contributed by atoms with Crippen molar-refractivity contribution >= 4 is 40.5 Å². The van der Waals surface area contributed by atoms with Crippen LogP contribution in [0.25, 0.3) is 21.5 Å². The van der Waals surface area contributed by atoms with E-state index in [0.29, 0.717) is 0 Å². The van der Waals surface area contributed by atoms with Crippen molar-refractivity contribution < 1.29 is 9.05 Å². The van der Waals surface area contributed by atoms with Crippen LogP contribution in [-0.4, -0.2) is 0 Å². The molecule has 4 aromatic rings. The van der Waals surface area contributed by atoms with Gasteiger partial charge in [0.25, 0.3) is 0 Å². The second-order valence-corrected chi connectivity index (χ2v) is 7.72. The molecule has 5 rings (SSSR count). The van der Waals surface area contributed by atoms with Crippen LogP contribution in [0, 0.1) is 0 Å². The predicted molar refractivity (Wildman–Crippen MR) is 105 cm³/mol. The molecule has 0 saturated carbocycles. The lowest BCUT2D eigenvalue weighted by atomic mass is 9.93. The minimum atomic E-state index is -1.55. The zero-order valence-corrected chi connectivity index (χ0v) is 14.9. The summed E-state index contributed by atoms with van der Waals surface area (Å²) in [6.45, 7) is 0. The minimum Gasteiger partial charge on any atom is -0.427 e. The van der Waals surface area contributed by atoms with Gasteiger partial charge in [-0.1, -0.05) is 60.7 Å². The summed E-state index contributed by atoms with van der Waals surface area (Å²) in [5.74, 6) is 1.61. The van der Waals surface area contributed by atoms with Gasteiger partial charge in [-0.05, 0) is 44.9 Å². The molecule has 0 unspecified atom stereocenters. The Bertz CT molecular complexity index is 1020. The van der Waals surface area contributed by atoms with E-state index in [0.717, 1.165) is 29.0 Å². The number of halogens is 1. The summed E-state index contributed by atoms with van der Waals surface area (Å²) < 4.78 is 11.8. The number of fused-ring (bicyclic) bond motifs is 6. The van der Waals surface area contributed by atoms with Crippen LogP contribution in [0.3, 0.4) is 0 Å². The molecule has 0 spiro atoms. The molecule has 0 aliphatic carbocycles. The number of hydrogen-bond acceptors (Lipinski definition) is 2. The maximum Gasteiger partial charge on any atom is 0.401 e. The monoisotopic (exact) mass is 364 g/mol. The Hall–Kier alpha value is -2.28. The maximum absolute atomic E-state index is 6.37. The van der Waals surface area contributed by atoms with E-state index in [1.165, 1.54) is 21.5 Å². The Balaban J connectivity index is 1.82. The molecule has 4 aromatic carbocycles. The van der Waals surface area contributed by atoms with Crippen molar-refractivity contribution in [2.45, 2.75) is 6.42 Å². The molecule has 0 aromatic heterocycles. The smallest absolute Gasteiger partial charge is 0.401 e. The third-order valence-corrected chi connectivity index (χ3v) is 5.78. The normalized spacial score (nSPS) is 14.1. The van der Waals surface area contributed by atoms with Gasteiger partial charge in [-0.15, -0.1) is 0 Å². The Morgan fingerprint density at radius 1 is 0.640 bits per heavy atom. The second kappa shape index (κ2) is 5.91. The lowest BCUT2D eigenvalue weighted by Crippen LogP contribution is -2.03. The zero-order chi connectivity index (χ0) is 16.8. The molecular formula is C21H14ClO2P. The first-order chi connectivity index (χ1) is 12.3. The van der Waals surface area contributed by atoms with Gasteiger partial charge < -0.3 is 9.05 Å². The molecule has 4 heteroatoms. The van der Waals surface area contributed by atoms with Gasteiger partial charge in [-0.3, -0.25) is 0 Å². The fourth-order valence-corrected chi connectivity index (χ4v) is 4.65. The summed E-state index contributed by atoms with van der Waals surface area (Å²) in [5.41, 5.74) is 2.32. The van der Waals surface area contributed by atoms with Crippen molar-refractivity contribution in [3.63, 3.8) is 0 Å². The Kier molecular flexibility index (Phi) is 3.55. The average Bonchev–Trinajstić information content (AvgIpc) is 2.63. The summed E-state index contributed by atoms with van der Waals surface area (Å²) >= 11 is 6.37. The number of benzene rings is 4. The SMILES string of the molecule is ClP1Oc2ccc3ccccc3c2Cc2c(ccc3ccccc23)O1. The third kappa shape index (κ3) is 2.54. The van der Waals surface area contributed by atoms with Gasteiger partial charge in [0.05, 0.1) is 0 Å². The van der Waals surface area contributed by atoms with E-state index in [9.17, 15) is 0 Å². The average molecular weight is 365 g/mol. The van der Waals surface area contributed by atoms with E-state index in [1.54, 1.807) is 0 Å². The molecule has 2 nitrogen and oxygen atoms in total. The quantitative estimate of drug-likeness (QED) is 0.319. The summed E-state index contributed by atoms with van der Waals surface area (Å²) in [6, 6.07) is 24.9. The van der Waals surface area contributed by atoms with Gasteiger partial charge in [0, 0.05) is 17.5 Å². The number of hydrogen-bond donors (Lipinski definition) is 0. The summed E-state index contributed by atoms with van der Waals surface area (Å²) in [5, 5.41) is 4.79. The highest BCUT2D eigenvalue weighted by atomic mass is 35.7. The van der Waals surface area contributed by atoms with Crippen molar-refractivity contribution in [2.24, 2.45) is 0 Å². The molecule has 0 saturated heterocycles. The largest absolute Gasteiger partial charge is 0.427 e. The molecule has 25 heavy (non-hydrogen) atoms. The lowest BCUT2D eigenvalue weighted by Gasteiger charge is -2.23. The van der Waals surface area contributed by atoms with Crippen molar-refractivity contribution in [1.29, 1.82) is 0 Å². The van der Waals surface area contributed by atoms with E-state index in [-0.39, 0.29) is 0 Å². The molecule has 0 fully saturated rings. The van der Waals surface area contributed by atoms with Gasteiger partial charge in [0.2, 0.25) is 0 Å². The Morgan fingerprint density at radius 3 is 1.64 bits per heavy atom. The number of rotatable bonds is 0. The summed E-state index contributed by atoms with van der Waals surface area (Å²) in [7, 11) is -1.55. The van der Waals surface area contributed by atoms with E-state index in [2.05, 4.69) is 60.7 Å². The molecule has 0 radical (unpaired) electrons. The van der Waals surface area contributed by atoms with Gasteiger partial charge in [0.15, 0.2) is 0 Å². The Morgan fingerprint density at radius 2 is 1.12 bits per heavy atom. The van der Waals surface area contributed by atoms with E-state index >= 15 is 0 Å². The first kappa shape index (κ1) is 15.0. The zero-order valence-electron chi connectivity index (χ0n) is 13.3. The molecule has 1 heterocycles. The summed E-state index contributed by atoms with van der Waals surface area (Å²) in [6.07, 6.45) is 0.743. The fraction of sp³-hybridized carbons (Fsp3) is 0.0476. The highest BCUT2D eigenvalue weighted by Gasteiger charge is 2.23. The van der Waals surface area contributed by atoms with Crippen LogP contribution in [-0.2, 0) is 6.42 Å². The van der Waals surface area contributed by atoms with Crippen molar-refractivity contribution in [3.05, 3.63) is 83.9 Å². The molecule has 0 atom stereocenters. The molecular weight excluding hydrogens is 351 g/mol.